The third-order valence-electron chi connectivity index (χ3n) is 6.02. The predicted molar refractivity (Wildman–Crippen MR) is 126 cm³/mol. The Kier molecular flexibility index (Phi) is 5.13. The Hall–Kier alpha value is -3.32. The van der Waals surface area contributed by atoms with Crippen LogP contribution in [0.2, 0.25) is 5.02 Å². The number of hydrogen-bond acceptors (Lipinski definition) is 4. The number of imidazole rings is 1. The second kappa shape index (κ2) is 7.98. The van der Waals surface area contributed by atoms with Crippen LogP contribution >= 0.6 is 11.6 Å². The summed E-state index contributed by atoms with van der Waals surface area (Å²) in [4.78, 5) is 33.6. The van der Waals surface area contributed by atoms with Gasteiger partial charge in [-0.15, -0.1) is 0 Å². The number of aryl methyl sites for hydroxylation is 1. The van der Waals surface area contributed by atoms with Crippen LogP contribution < -0.4 is 16.1 Å². The van der Waals surface area contributed by atoms with Crippen LogP contribution in [0.5, 0.6) is 0 Å². The number of aromatic nitrogens is 4. The number of fused-ring (bicyclic) bond motifs is 3. The average Bonchev–Trinajstić information content (AvgIpc) is 3.17. The fourth-order valence-corrected chi connectivity index (χ4v) is 4.67. The van der Waals surface area contributed by atoms with Crippen LogP contribution in [0, 0.1) is 5.92 Å². The number of rotatable bonds is 4. The van der Waals surface area contributed by atoms with Crippen molar-refractivity contribution in [3.8, 4) is 0 Å². The third kappa shape index (κ3) is 3.42. The van der Waals surface area contributed by atoms with Crippen molar-refractivity contribution in [2.75, 3.05) is 11.4 Å². The minimum Gasteiger partial charge on any atom is -0.338 e. The topological polar surface area (TPSA) is 65.1 Å². The molecule has 3 heterocycles. The van der Waals surface area contributed by atoms with Gasteiger partial charge in [0.05, 0.1) is 6.54 Å². The molecule has 5 rings (SSSR count). The maximum Gasteiger partial charge on any atom is 0.332 e. The lowest BCUT2D eigenvalue weighted by atomic mass is 10.1. The second-order valence-corrected chi connectivity index (χ2v) is 8.90. The van der Waals surface area contributed by atoms with Crippen molar-refractivity contribution in [1.82, 2.24) is 18.7 Å². The van der Waals surface area contributed by atoms with Gasteiger partial charge in [-0.25, -0.2) is 4.79 Å². The molecule has 32 heavy (non-hydrogen) atoms. The SMILES string of the molecule is CC1CN(Cc2ccccc2)c2nc3c(c(=O)n(Cc4ccccc4Cl)c(=O)n3C)n2C1. The van der Waals surface area contributed by atoms with Crippen LogP contribution in [-0.2, 0) is 26.7 Å². The molecule has 0 saturated carbocycles. The molecule has 0 N–H and O–H groups in total. The molecule has 2 aromatic heterocycles. The van der Waals surface area contributed by atoms with Gasteiger partial charge in [-0.2, -0.15) is 4.98 Å². The van der Waals surface area contributed by atoms with E-state index < -0.39 is 5.69 Å². The molecule has 0 spiro atoms. The van der Waals surface area contributed by atoms with E-state index in [1.807, 2.05) is 41.0 Å². The summed E-state index contributed by atoms with van der Waals surface area (Å²) < 4.78 is 4.68. The van der Waals surface area contributed by atoms with Gasteiger partial charge in [0.15, 0.2) is 11.2 Å². The maximum absolute atomic E-state index is 13.5. The summed E-state index contributed by atoms with van der Waals surface area (Å²) in [6, 6.07) is 17.4. The number of anilines is 1. The minimum atomic E-state index is -0.402. The third-order valence-corrected chi connectivity index (χ3v) is 6.39. The number of hydrogen-bond donors (Lipinski definition) is 0. The zero-order valence-electron chi connectivity index (χ0n) is 18.0. The Balaban J connectivity index is 1.67. The summed E-state index contributed by atoms with van der Waals surface area (Å²) in [6.07, 6.45) is 0. The first-order valence-electron chi connectivity index (χ1n) is 10.7. The molecule has 4 aromatic rings. The average molecular weight is 450 g/mol. The van der Waals surface area contributed by atoms with E-state index in [0.717, 1.165) is 18.1 Å². The minimum absolute atomic E-state index is 0.116. The maximum atomic E-state index is 13.5. The fourth-order valence-electron chi connectivity index (χ4n) is 4.48. The normalized spacial score (nSPS) is 15.8. The Morgan fingerprint density at radius 3 is 2.47 bits per heavy atom. The summed E-state index contributed by atoms with van der Waals surface area (Å²) in [7, 11) is 1.66. The molecule has 0 radical (unpaired) electrons. The molecule has 1 aliphatic heterocycles. The second-order valence-electron chi connectivity index (χ2n) is 8.49. The van der Waals surface area contributed by atoms with Gasteiger partial charge < -0.3 is 9.47 Å². The lowest BCUT2D eigenvalue weighted by Gasteiger charge is -2.33. The summed E-state index contributed by atoms with van der Waals surface area (Å²) in [5, 5.41) is 0.527. The lowest BCUT2D eigenvalue weighted by Crippen LogP contribution is -2.41. The highest BCUT2D eigenvalue weighted by Crippen LogP contribution is 2.28. The van der Waals surface area contributed by atoms with Gasteiger partial charge in [0.1, 0.15) is 0 Å². The summed E-state index contributed by atoms with van der Waals surface area (Å²) in [6.45, 7) is 4.48. The largest absolute Gasteiger partial charge is 0.338 e. The van der Waals surface area contributed by atoms with E-state index in [0.29, 0.717) is 35.2 Å². The van der Waals surface area contributed by atoms with E-state index in [2.05, 4.69) is 24.0 Å². The van der Waals surface area contributed by atoms with Gasteiger partial charge in [0, 0.05) is 31.7 Å². The standard InChI is InChI=1S/C24H24ClN5O2/c1-16-12-28(14-17-8-4-3-5-9-17)23-26-21-20(29(23)13-16)22(31)30(24(32)27(21)2)15-18-10-6-7-11-19(18)25/h3-11,16H,12-15H2,1-2H3. The summed E-state index contributed by atoms with van der Waals surface area (Å²) in [5.41, 5.74) is 2.03. The quantitative estimate of drug-likeness (QED) is 0.479. The van der Waals surface area contributed by atoms with E-state index in [1.54, 1.807) is 13.1 Å². The first-order valence-corrected chi connectivity index (χ1v) is 11.0. The van der Waals surface area contributed by atoms with Crippen molar-refractivity contribution >= 4 is 28.7 Å². The summed E-state index contributed by atoms with van der Waals surface area (Å²) >= 11 is 6.30. The van der Waals surface area contributed by atoms with Crippen molar-refractivity contribution in [1.29, 1.82) is 0 Å². The van der Waals surface area contributed by atoms with E-state index in [9.17, 15) is 9.59 Å². The zero-order valence-corrected chi connectivity index (χ0v) is 18.8. The van der Waals surface area contributed by atoms with E-state index in [1.165, 1.54) is 14.7 Å². The van der Waals surface area contributed by atoms with Crippen LogP contribution in [0.3, 0.4) is 0 Å². The Morgan fingerprint density at radius 2 is 1.72 bits per heavy atom. The summed E-state index contributed by atoms with van der Waals surface area (Å²) in [5.74, 6) is 1.06. The van der Waals surface area contributed by atoms with Crippen molar-refractivity contribution < 1.29 is 0 Å². The first kappa shape index (κ1) is 20.6. The molecule has 0 amide bonds. The zero-order chi connectivity index (χ0) is 22.4. The van der Waals surface area contributed by atoms with Crippen LogP contribution in [0.4, 0.5) is 5.95 Å². The number of benzene rings is 2. The van der Waals surface area contributed by atoms with Gasteiger partial charge in [-0.05, 0) is 23.1 Å². The Labute approximate surface area is 190 Å². The molecular formula is C24H24ClN5O2. The smallest absolute Gasteiger partial charge is 0.332 e. The Morgan fingerprint density at radius 1 is 1.00 bits per heavy atom. The molecule has 7 nitrogen and oxygen atoms in total. The fraction of sp³-hybridized carbons (Fsp3) is 0.292. The van der Waals surface area contributed by atoms with E-state index in [-0.39, 0.29) is 12.1 Å². The van der Waals surface area contributed by atoms with E-state index in [4.69, 9.17) is 16.6 Å². The molecule has 0 fully saturated rings. The van der Waals surface area contributed by atoms with Gasteiger partial charge >= 0.3 is 5.69 Å². The Bertz CT molecular complexity index is 1420. The highest BCUT2D eigenvalue weighted by atomic mass is 35.5. The number of halogens is 1. The number of nitrogens with zero attached hydrogens (tertiary/aromatic N) is 5. The van der Waals surface area contributed by atoms with Gasteiger partial charge in [0.25, 0.3) is 5.56 Å². The lowest BCUT2D eigenvalue weighted by molar-refractivity contribution is 0.435. The molecule has 1 atom stereocenters. The molecule has 2 aromatic carbocycles. The van der Waals surface area contributed by atoms with E-state index >= 15 is 0 Å². The van der Waals surface area contributed by atoms with Crippen LogP contribution in [0.15, 0.2) is 64.2 Å². The molecule has 8 heteroatoms. The molecule has 1 unspecified atom stereocenters. The molecule has 0 saturated heterocycles. The molecule has 164 valence electrons. The monoisotopic (exact) mass is 449 g/mol. The van der Waals surface area contributed by atoms with Crippen LogP contribution in [0.1, 0.15) is 18.1 Å². The van der Waals surface area contributed by atoms with Gasteiger partial charge in [-0.1, -0.05) is 67.1 Å². The van der Waals surface area contributed by atoms with Crippen molar-refractivity contribution in [2.24, 2.45) is 13.0 Å². The van der Waals surface area contributed by atoms with Crippen molar-refractivity contribution in [3.63, 3.8) is 0 Å². The molecule has 1 aliphatic rings. The van der Waals surface area contributed by atoms with Crippen molar-refractivity contribution in [3.05, 3.63) is 91.6 Å². The predicted octanol–water partition coefficient (Wildman–Crippen LogP) is 3.25. The van der Waals surface area contributed by atoms with Gasteiger partial charge in [0.2, 0.25) is 5.95 Å². The van der Waals surface area contributed by atoms with Crippen LogP contribution in [0.25, 0.3) is 11.2 Å². The van der Waals surface area contributed by atoms with Crippen LogP contribution in [-0.4, -0.2) is 25.2 Å². The molecule has 0 aliphatic carbocycles. The van der Waals surface area contributed by atoms with Gasteiger partial charge in [-0.3, -0.25) is 13.9 Å². The molecule has 0 bridgehead atoms. The first-order chi connectivity index (χ1) is 15.4. The highest BCUT2D eigenvalue weighted by Gasteiger charge is 2.29. The highest BCUT2D eigenvalue weighted by molar-refractivity contribution is 6.31. The van der Waals surface area contributed by atoms with Crippen molar-refractivity contribution in [2.45, 2.75) is 26.6 Å². The molecular weight excluding hydrogens is 426 g/mol.